The third-order valence-electron chi connectivity index (χ3n) is 3.11. The van der Waals surface area contributed by atoms with Gasteiger partial charge in [-0.1, -0.05) is 17.7 Å². The molecular formula is C13H16ClN3O2S. The number of aromatic nitrogens is 2. The van der Waals surface area contributed by atoms with Gasteiger partial charge in [-0.15, -0.1) is 0 Å². The highest BCUT2D eigenvalue weighted by Crippen LogP contribution is 2.27. The van der Waals surface area contributed by atoms with Gasteiger partial charge in [-0.2, -0.15) is 5.10 Å². The molecule has 7 heteroatoms. The van der Waals surface area contributed by atoms with Crippen molar-refractivity contribution in [2.75, 3.05) is 5.73 Å². The minimum absolute atomic E-state index is 0.136. The number of nitrogens with two attached hydrogens (primary N) is 1. The molecule has 0 radical (unpaired) electrons. The molecule has 1 aromatic carbocycles. The zero-order valence-electron chi connectivity index (χ0n) is 11.5. The molecule has 0 aliphatic heterocycles. The molecule has 2 N–H and O–H groups in total. The van der Waals surface area contributed by atoms with Crippen molar-refractivity contribution in [1.29, 1.82) is 0 Å². The molecule has 0 amide bonds. The first-order valence-corrected chi connectivity index (χ1v) is 8.02. The summed E-state index contributed by atoms with van der Waals surface area (Å²) in [7, 11) is -1.89. The first-order valence-electron chi connectivity index (χ1n) is 5.99. The number of rotatable bonds is 3. The van der Waals surface area contributed by atoms with Crippen molar-refractivity contribution in [2.45, 2.75) is 24.5 Å². The van der Waals surface area contributed by atoms with E-state index in [0.717, 1.165) is 5.56 Å². The van der Waals surface area contributed by atoms with E-state index in [-0.39, 0.29) is 16.3 Å². The largest absolute Gasteiger partial charge is 0.398 e. The molecular weight excluding hydrogens is 298 g/mol. The normalized spacial score (nSPS) is 11.8. The Morgan fingerprint density at radius 2 is 2.00 bits per heavy atom. The first-order chi connectivity index (χ1) is 9.22. The van der Waals surface area contributed by atoms with Crippen molar-refractivity contribution >= 4 is 27.1 Å². The van der Waals surface area contributed by atoms with Gasteiger partial charge in [0.05, 0.1) is 22.0 Å². The van der Waals surface area contributed by atoms with E-state index < -0.39 is 9.84 Å². The Morgan fingerprint density at radius 3 is 2.55 bits per heavy atom. The van der Waals surface area contributed by atoms with Gasteiger partial charge in [-0.3, -0.25) is 4.68 Å². The van der Waals surface area contributed by atoms with E-state index in [1.807, 2.05) is 6.92 Å². The summed E-state index contributed by atoms with van der Waals surface area (Å²) in [4.78, 5) is 0.136. The third kappa shape index (κ3) is 2.66. The molecule has 1 heterocycles. The minimum Gasteiger partial charge on any atom is -0.398 e. The number of nitrogens with zero attached hydrogens (tertiary/aromatic N) is 2. The summed E-state index contributed by atoms with van der Waals surface area (Å²) >= 11 is 6.08. The van der Waals surface area contributed by atoms with E-state index in [2.05, 4.69) is 5.10 Å². The molecule has 0 spiro atoms. The number of hydrogen-bond donors (Lipinski definition) is 1. The highest BCUT2D eigenvalue weighted by atomic mass is 35.5. The summed E-state index contributed by atoms with van der Waals surface area (Å²) in [5.41, 5.74) is 7.97. The van der Waals surface area contributed by atoms with E-state index in [1.165, 1.54) is 4.68 Å². The molecule has 0 fully saturated rings. The SMILES string of the molecule is Cc1ccc(N)c(S(=O)(=O)Cc2c(C)nn(C)c2Cl)c1. The predicted molar refractivity (Wildman–Crippen MR) is 79.4 cm³/mol. The van der Waals surface area contributed by atoms with Gasteiger partial charge in [-0.05, 0) is 31.5 Å². The van der Waals surface area contributed by atoms with Gasteiger partial charge in [0.15, 0.2) is 9.84 Å². The van der Waals surface area contributed by atoms with Gasteiger partial charge in [0.2, 0.25) is 0 Å². The Kier molecular flexibility index (Phi) is 3.80. The maximum absolute atomic E-state index is 12.5. The fraction of sp³-hybridized carbons (Fsp3) is 0.308. The van der Waals surface area contributed by atoms with Crippen LogP contribution in [0.1, 0.15) is 16.8 Å². The highest BCUT2D eigenvalue weighted by molar-refractivity contribution is 7.90. The van der Waals surface area contributed by atoms with Crippen LogP contribution in [0.2, 0.25) is 5.15 Å². The van der Waals surface area contributed by atoms with Gasteiger partial charge in [-0.25, -0.2) is 8.42 Å². The smallest absolute Gasteiger partial charge is 0.184 e. The Morgan fingerprint density at radius 1 is 1.35 bits per heavy atom. The summed E-state index contributed by atoms with van der Waals surface area (Å²) < 4.78 is 26.5. The van der Waals surface area contributed by atoms with Crippen LogP contribution in [0.4, 0.5) is 5.69 Å². The average molecular weight is 314 g/mol. The highest BCUT2D eigenvalue weighted by Gasteiger charge is 2.23. The van der Waals surface area contributed by atoms with Crippen LogP contribution in [-0.4, -0.2) is 18.2 Å². The molecule has 2 aromatic rings. The van der Waals surface area contributed by atoms with E-state index in [4.69, 9.17) is 17.3 Å². The maximum atomic E-state index is 12.5. The number of halogens is 1. The van der Waals surface area contributed by atoms with Gasteiger partial charge < -0.3 is 5.73 Å². The minimum atomic E-state index is -3.56. The topological polar surface area (TPSA) is 78.0 Å². The van der Waals surface area contributed by atoms with Crippen LogP contribution in [-0.2, 0) is 22.6 Å². The van der Waals surface area contributed by atoms with Gasteiger partial charge in [0.25, 0.3) is 0 Å². The molecule has 0 saturated heterocycles. The number of benzene rings is 1. The molecule has 0 aliphatic rings. The third-order valence-corrected chi connectivity index (χ3v) is 5.27. The first kappa shape index (κ1) is 14.9. The van der Waals surface area contributed by atoms with Gasteiger partial charge in [0, 0.05) is 12.6 Å². The van der Waals surface area contributed by atoms with E-state index in [9.17, 15) is 8.42 Å². The number of hydrogen-bond acceptors (Lipinski definition) is 4. The summed E-state index contributed by atoms with van der Waals surface area (Å²) in [6.07, 6.45) is 0. The zero-order chi connectivity index (χ0) is 15.1. The summed E-state index contributed by atoms with van der Waals surface area (Å²) in [5, 5.41) is 4.45. The second-order valence-corrected chi connectivity index (χ2v) is 7.09. The van der Waals surface area contributed by atoms with Crippen molar-refractivity contribution in [3.05, 3.63) is 40.2 Å². The van der Waals surface area contributed by atoms with Crippen molar-refractivity contribution < 1.29 is 8.42 Å². The molecule has 1 aromatic heterocycles. The van der Waals surface area contributed by atoms with Crippen molar-refractivity contribution in [1.82, 2.24) is 9.78 Å². The van der Waals surface area contributed by atoms with Crippen LogP contribution >= 0.6 is 11.6 Å². The molecule has 108 valence electrons. The molecule has 0 unspecified atom stereocenters. The Bertz CT molecular complexity index is 766. The lowest BCUT2D eigenvalue weighted by Gasteiger charge is -2.08. The maximum Gasteiger partial charge on any atom is 0.184 e. The second-order valence-electron chi connectivity index (χ2n) is 4.78. The van der Waals surface area contributed by atoms with Gasteiger partial charge in [0.1, 0.15) is 5.15 Å². The Balaban J connectivity index is 2.49. The lowest BCUT2D eigenvalue weighted by Crippen LogP contribution is -2.09. The lowest BCUT2D eigenvalue weighted by atomic mass is 10.2. The fourth-order valence-electron chi connectivity index (χ4n) is 2.02. The second kappa shape index (κ2) is 5.10. The van der Waals surface area contributed by atoms with E-state index in [0.29, 0.717) is 16.4 Å². The van der Waals surface area contributed by atoms with Crippen LogP contribution in [0.25, 0.3) is 0 Å². The van der Waals surface area contributed by atoms with Crippen LogP contribution in [0.3, 0.4) is 0 Å². The fourth-order valence-corrected chi connectivity index (χ4v) is 4.01. The molecule has 20 heavy (non-hydrogen) atoms. The molecule has 0 bridgehead atoms. The Labute approximate surface area is 123 Å². The van der Waals surface area contributed by atoms with Crippen molar-refractivity contribution in [3.8, 4) is 0 Å². The van der Waals surface area contributed by atoms with E-state index >= 15 is 0 Å². The average Bonchev–Trinajstić information content (AvgIpc) is 2.59. The molecule has 0 aliphatic carbocycles. The summed E-state index contributed by atoms with van der Waals surface area (Å²) in [5.74, 6) is -0.209. The number of sulfone groups is 1. The van der Waals surface area contributed by atoms with Crippen LogP contribution in [0, 0.1) is 13.8 Å². The zero-order valence-corrected chi connectivity index (χ0v) is 13.1. The van der Waals surface area contributed by atoms with Crippen LogP contribution in [0.15, 0.2) is 23.1 Å². The summed E-state index contributed by atoms with van der Waals surface area (Å²) in [6.45, 7) is 3.55. The van der Waals surface area contributed by atoms with Crippen molar-refractivity contribution in [2.24, 2.45) is 7.05 Å². The number of anilines is 1. The van der Waals surface area contributed by atoms with Crippen molar-refractivity contribution in [3.63, 3.8) is 0 Å². The number of aryl methyl sites for hydroxylation is 3. The standard InChI is InChI=1S/C13H16ClN3O2S/c1-8-4-5-11(15)12(6-8)20(18,19)7-10-9(2)16-17(3)13(10)14/h4-6H,7,15H2,1-3H3. The quantitative estimate of drug-likeness (QED) is 0.882. The molecule has 5 nitrogen and oxygen atoms in total. The Hall–Kier alpha value is -1.53. The molecule has 0 saturated carbocycles. The molecule has 2 rings (SSSR count). The molecule has 0 atom stereocenters. The monoisotopic (exact) mass is 313 g/mol. The van der Waals surface area contributed by atoms with Crippen LogP contribution < -0.4 is 5.73 Å². The number of nitrogen functional groups attached to an aromatic ring is 1. The predicted octanol–water partition coefficient (Wildman–Crippen LogP) is 2.25. The lowest BCUT2D eigenvalue weighted by molar-refractivity contribution is 0.595. The summed E-state index contributed by atoms with van der Waals surface area (Å²) in [6, 6.07) is 4.95. The van der Waals surface area contributed by atoms with Crippen LogP contribution in [0.5, 0.6) is 0 Å². The van der Waals surface area contributed by atoms with E-state index in [1.54, 1.807) is 32.2 Å². The van der Waals surface area contributed by atoms with Gasteiger partial charge >= 0.3 is 0 Å².